The van der Waals surface area contributed by atoms with Crippen LogP contribution in [0.1, 0.15) is 60.7 Å². The van der Waals surface area contributed by atoms with Gasteiger partial charge in [0, 0.05) is 17.3 Å². The van der Waals surface area contributed by atoms with Crippen LogP contribution in [0.15, 0.2) is 18.2 Å². The number of rotatable bonds is 7. The highest BCUT2D eigenvalue weighted by atomic mass is 32.1. The second kappa shape index (κ2) is 9.65. The first-order valence-electron chi connectivity index (χ1n) is 10.6. The minimum Gasteiger partial charge on any atom is -0.486 e. The first-order chi connectivity index (χ1) is 15.5. The van der Waals surface area contributed by atoms with Crippen molar-refractivity contribution in [3.63, 3.8) is 0 Å². The Bertz CT molecular complexity index is 1060. The summed E-state index contributed by atoms with van der Waals surface area (Å²) >= 11 is 0.770. The van der Waals surface area contributed by atoms with Gasteiger partial charge in [0.1, 0.15) is 24.1 Å². The quantitative estimate of drug-likeness (QED) is 0.556. The highest BCUT2D eigenvalue weighted by Crippen LogP contribution is 2.36. The summed E-state index contributed by atoms with van der Waals surface area (Å²) < 4.78 is 15.2. The van der Waals surface area contributed by atoms with Gasteiger partial charge in [0.25, 0.3) is 11.8 Å². The van der Waals surface area contributed by atoms with Gasteiger partial charge < -0.3 is 26.3 Å². The molecule has 0 aliphatic carbocycles. The average molecular weight is 476 g/mol. The Hall–Kier alpha value is -3.34. The number of nitrogens with one attached hydrogen (secondary N) is 1. The van der Waals surface area contributed by atoms with Crippen LogP contribution in [0, 0.1) is 0 Å². The number of benzene rings is 1. The maximum absolute atomic E-state index is 13.8. The number of nitrogens with zero attached hydrogens (tertiary/aromatic N) is 2. The largest absolute Gasteiger partial charge is 0.486 e. The van der Waals surface area contributed by atoms with Gasteiger partial charge in [-0.15, -0.1) is 0 Å². The summed E-state index contributed by atoms with van der Waals surface area (Å²) in [5.74, 6) is -0.679. The molecule has 1 aromatic heterocycles. The van der Waals surface area contributed by atoms with E-state index in [0.29, 0.717) is 43.2 Å². The molecule has 0 saturated carbocycles. The Morgan fingerprint density at radius 3 is 2.45 bits per heavy atom. The third-order valence-electron chi connectivity index (χ3n) is 4.85. The minimum absolute atomic E-state index is 0.0309. The lowest BCUT2D eigenvalue weighted by atomic mass is 10.0. The fourth-order valence-electron chi connectivity index (χ4n) is 3.46. The Morgan fingerprint density at radius 1 is 1.21 bits per heavy atom. The SMILES string of the molecule is CCC[C@H](C(=O)NC(C)(C)C)N(C(=O)c1snc(C(N)=O)c1N)c1ccc2c(c1)OCCO2. The van der Waals surface area contributed by atoms with Crippen LogP contribution in [-0.2, 0) is 4.79 Å². The van der Waals surface area contributed by atoms with Crippen molar-refractivity contribution in [1.29, 1.82) is 0 Å². The van der Waals surface area contributed by atoms with E-state index in [0.717, 1.165) is 11.5 Å². The molecule has 1 atom stereocenters. The smallest absolute Gasteiger partial charge is 0.272 e. The van der Waals surface area contributed by atoms with Gasteiger partial charge in [0.2, 0.25) is 5.91 Å². The molecular formula is C22H29N5O5S. The summed E-state index contributed by atoms with van der Waals surface area (Å²) in [6.45, 7) is 8.32. The zero-order valence-electron chi connectivity index (χ0n) is 19.1. The van der Waals surface area contributed by atoms with Gasteiger partial charge in [-0.05, 0) is 50.9 Å². The van der Waals surface area contributed by atoms with Gasteiger partial charge in [0.15, 0.2) is 17.2 Å². The van der Waals surface area contributed by atoms with E-state index in [1.807, 2.05) is 27.7 Å². The number of hydrogen-bond acceptors (Lipinski definition) is 8. The van der Waals surface area contributed by atoms with Gasteiger partial charge in [-0.1, -0.05) is 13.3 Å². The van der Waals surface area contributed by atoms with Crippen molar-refractivity contribution >= 4 is 40.6 Å². The monoisotopic (exact) mass is 475 g/mol. The Labute approximate surface area is 196 Å². The van der Waals surface area contributed by atoms with Gasteiger partial charge >= 0.3 is 0 Å². The van der Waals surface area contributed by atoms with E-state index < -0.39 is 23.4 Å². The van der Waals surface area contributed by atoms with E-state index in [4.69, 9.17) is 20.9 Å². The summed E-state index contributed by atoms with van der Waals surface area (Å²) in [6, 6.07) is 4.19. The van der Waals surface area contributed by atoms with Gasteiger partial charge in [-0.25, -0.2) is 0 Å². The standard InChI is InChI=1S/C22H29N5O5S/c1-5-6-13(20(29)25-22(2,3)4)27(12-7-8-14-15(11-12)32-10-9-31-14)21(30)18-16(23)17(19(24)28)26-33-18/h7-8,11,13H,5-6,9-10,23H2,1-4H3,(H2,24,28)(H,25,29)/t13-/m1/s1. The number of anilines is 2. The van der Waals surface area contributed by atoms with Gasteiger partial charge in [-0.3, -0.25) is 19.3 Å². The maximum Gasteiger partial charge on any atom is 0.272 e. The fraction of sp³-hybridized carbons (Fsp3) is 0.455. The fourth-order valence-corrected chi connectivity index (χ4v) is 4.21. The number of aromatic nitrogens is 1. The van der Waals surface area contributed by atoms with Crippen molar-refractivity contribution in [3.05, 3.63) is 28.8 Å². The van der Waals surface area contributed by atoms with Crippen LogP contribution in [0.3, 0.4) is 0 Å². The lowest BCUT2D eigenvalue weighted by molar-refractivity contribution is -0.123. The molecule has 0 unspecified atom stereocenters. The van der Waals surface area contributed by atoms with E-state index in [-0.39, 0.29) is 22.2 Å². The molecule has 178 valence electrons. The molecule has 3 amide bonds. The van der Waals surface area contributed by atoms with E-state index >= 15 is 0 Å². The number of carbonyl (C=O) groups excluding carboxylic acids is 3. The first-order valence-corrected chi connectivity index (χ1v) is 11.4. The van der Waals surface area contributed by atoms with Gasteiger partial charge in [-0.2, -0.15) is 4.37 Å². The molecule has 33 heavy (non-hydrogen) atoms. The van der Waals surface area contributed by atoms with Crippen LogP contribution < -0.4 is 31.2 Å². The zero-order valence-corrected chi connectivity index (χ0v) is 20.0. The number of carbonyl (C=O) groups is 3. The molecule has 11 heteroatoms. The Morgan fingerprint density at radius 2 is 1.88 bits per heavy atom. The maximum atomic E-state index is 13.8. The molecule has 0 radical (unpaired) electrons. The number of amides is 3. The van der Waals surface area contributed by atoms with Crippen LogP contribution >= 0.6 is 11.5 Å². The topological polar surface area (TPSA) is 150 Å². The Kier molecular flexibility index (Phi) is 7.11. The van der Waals surface area contributed by atoms with Crippen LogP contribution in [0.25, 0.3) is 0 Å². The summed E-state index contributed by atoms with van der Waals surface area (Å²) in [7, 11) is 0. The number of primary amides is 1. The number of fused-ring (bicyclic) bond motifs is 1. The van der Waals surface area contributed by atoms with Crippen LogP contribution in [0.2, 0.25) is 0 Å². The predicted molar refractivity (Wildman–Crippen MR) is 126 cm³/mol. The molecule has 1 aliphatic rings. The number of ether oxygens (including phenoxy) is 2. The van der Waals surface area contributed by atoms with Crippen molar-refractivity contribution < 1.29 is 23.9 Å². The van der Waals surface area contributed by atoms with E-state index in [9.17, 15) is 14.4 Å². The average Bonchev–Trinajstić information content (AvgIpc) is 3.13. The van der Waals surface area contributed by atoms with E-state index in [1.165, 1.54) is 4.90 Å². The highest BCUT2D eigenvalue weighted by molar-refractivity contribution is 7.09. The molecule has 1 aliphatic heterocycles. The molecule has 0 bridgehead atoms. The van der Waals surface area contributed by atoms with Crippen molar-refractivity contribution in [2.75, 3.05) is 23.8 Å². The summed E-state index contributed by atoms with van der Waals surface area (Å²) in [5, 5.41) is 2.95. The number of hydrogen-bond donors (Lipinski definition) is 3. The molecular weight excluding hydrogens is 446 g/mol. The van der Waals surface area contributed by atoms with Crippen LogP contribution in [0.5, 0.6) is 11.5 Å². The first kappa shape index (κ1) is 24.3. The van der Waals surface area contributed by atoms with E-state index in [2.05, 4.69) is 9.69 Å². The molecule has 0 spiro atoms. The highest BCUT2D eigenvalue weighted by Gasteiger charge is 2.36. The van der Waals surface area contributed by atoms with Crippen molar-refractivity contribution in [1.82, 2.24) is 9.69 Å². The normalized spacial score (nSPS) is 13.8. The summed E-state index contributed by atoms with van der Waals surface area (Å²) in [5.41, 5.74) is 11.0. The lowest BCUT2D eigenvalue weighted by Crippen LogP contribution is -2.54. The third kappa shape index (κ3) is 5.36. The summed E-state index contributed by atoms with van der Waals surface area (Å²) in [6.07, 6.45) is 1.03. The molecule has 10 nitrogen and oxygen atoms in total. The van der Waals surface area contributed by atoms with Crippen LogP contribution in [-0.4, -0.2) is 46.9 Å². The van der Waals surface area contributed by atoms with Crippen molar-refractivity contribution in [2.24, 2.45) is 5.73 Å². The number of nitrogen functional groups attached to an aromatic ring is 1. The minimum atomic E-state index is -0.845. The van der Waals surface area contributed by atoms with Crippen molar-refractivity contribution in [2.45, 2.75) is 52.1 Å². The second-order valence-corrected chi connectivity index (χ2v) is 9.46. The number of nitrogens with two attached hydrogens (primary N) is 2. The molecule has 5 N–H and O–H groups in total. The van der Waals surface area contributed by atoms with E-state index in [1.54, 1.807) is 18.2 Å². The van der Waals surface area contributed by atoms with Crippen LogP contribution in [0.4, 0.5) is 11.4 Å². The third-order valence-corrected chi connectivity index (χ3v) is 5.70. The molecule has 3 rings (SSSR count). The predicted octanol–water partition coefficient (Wildman–Crippen LogP) is 2.33. The lowest BCUT2D eigenvalue weighted by Gasteiger charge is -2.33. The molecule has 0 saturated heterocycles. The second-order valence-electron chi connectivity index (χ2n) is 8.69. The van der Waals surface area contributed by atoms with Crippen molar-refractivity contribution in [3.8, 4) is 11.5 Å². The Balaban J connectivity index is 2.11. The molecule has 1 aromatic carbocycles. The summed E-state index contributed by atoms with van der Waals surface area (Å²) in [4.78, 5) is 40.1. The van der Waals surface area contributed by atoms with Gasteiger partial charge in [0.05, 0.1) is 5.69 Å². The molecule has 0 fully saturated rings. The zero-order chi connectivity index (χ0) is 24.3. The molecule has 2 heterocycles. The molecule has 2 aromatic rings.